The van der Waals surface area contributed by atoms with E-state index >= 15 is 0 Å². The Bertz CT molecular complexity index is 870. The van der Waals surface area contributed by atoms with E-state index in [-0.39, 0.29) is 11.5 Å². The zero-order valence-corrected chi connectivity index (χ0v) is 13.6. The van der Waals surface area contributed by atoms with Crippen LogP contribution in [0.5, 0.6) is 5.75 Å². The first-order valence-electron chi connectivity index (χ1n) is 7.63. The van der Waals surface area contributed by atoms with Crippen LogP contribution in [0.4, 0.5) is 0 Å². The van der Waals surface area contributed by atoms with Crippen molar-refractivity contribution in [2.45, 2.75) is 20.5 Å². The molecule has 0 fully saturated rings. The standard InChI is InChI=1S/C19H18N2O3/c1-13-18(14(2)22)21(23)19(20-13)16-10-6-7-11-17(16)24-12-15-8-4-3-5-9-15/h3-11,23H,12H2,1-2H3. The fraction of sp³-hybridized carbons (Fsp3) is 0.158. The molecule has 0 amide bonds. The Morgan fingerprint density at radius 2 is 1.79 bits per heavy atom. The average molecular weight is 322 g/mol. The number of ketones is 1. The number of aryl methyl sites for hydroxylation is 1. The highest BCUT2D eigenvalue weighted by atomic mass is 16.5. The van der Waals surface area contributed by atoms with Crippen LogP contribution >= 0.6 is 0 Å². The van der Waals surface area contributed by atoms with Gasteiger partial charge in [0.05, 0.1) is 11.3 Å². The lowest BCUT2D eigenvalue weighted by Gasteiger charge is -2.11. The first-order chi connectivity index (χ1) is 11.6. The number of nitrogens with zero attached hydrogens (tertiary/aromatic N) is 2. The second-order valence-corrected chi connectivity index (χ2v) is 5.51. The van der Waals surface area contributed by atoms with Crippen molar-refractivity contribution in [1.29, 1.82) is 0 Å². The van der Waals surface area contributed by atoms with Gasteiger partial charge in [-0.15, -0.1) is 0 Å². The van der Waals surface area contributed by atoms with Crippen LogP contribution in [0, 0.1) is 6.92 Å². The molecule has 0 bridgehead atoms. The first kappa shape index (κ1) is 15.8. The molecule has 5 heteroatoms. The molecule has 122 valence electrons. The second-order valence-electron chi connectivity index (χ2n) is 5.51. The summed E-state index contributed by atoms with van der Waals surface area (Å²) in [7, 11) is 0. The molecule has 0 unspecified atom stereocenters. The quantitative estimate of drug-likeness (QED) is 0.572. The third kappa shape index (κ3) is 3.01. The Morgan fingerprint density at radius 3 is 2.46 bits per heavy atom. The zero-order chi connectivity index (χ0) is 17.1. The van der Waals surface area contributed by atoms with Gasteiger partial charge in [0.1, 0.15) is 18.1 Å². The highest BCUT2D eigenvalue weighted by Gasteiger charge is 2.20. The fourth-order valence-corrected chi connectivity index (χ4v) is 2.61. The van der Waals surface area contributed by atoms with Gasteiger partial charge in [0.15, 0.2) is 11.6 Å². The van der Waals surface area contributed by atoms with E-state index in [0.29, 0.717) is 29.4 Å². The van der Waals surface area contributed by atoms with Crippen LogP contribution in [0.2, 0.25) is 0 Å². The molecule has 0 aliphatic rings. The van der Waals surface area contributed by atoms with E-state index in [0.717, 1.165) is 10.3 Å². The van der Waals surface area contributed by atoms with E-state index in [2.05, 4.69) is 4.98 Å². The van der Waals surface area contributed by atoms with Crippen molar-refractivity contribution in [3.8, 4) is 17.1 Å². The second kappa shape index (κ2) is 6.58. The summed E-state index contributed by atoms with van der Waals surface area (Å²) in [5.74, 6) is 0.648. The zero-order valence-electron chi connectivity index (χ0n) is 13.6. The minimum atomic E-state index is -0.239. The number of hydrogen-bond donors (Lipinski definition) is 1. The molecule has 0 spiro atoms. The fourth-order valence-electron chi connectivity index (χ4n) is 2.61. The summed E-state index contributed by atoms with van der Waals surface area (Å²) in [5.41, 5.74) is 2.34. The van der Waals surface area contributed by atoms with Crippen LogP contribution in [0.25, 0.3) is 11.4 Å². The number of aromatic nitrogens is 2. The molecule has 3 rings (SSSR count). The van der Waals surface area contributed by atoms with Crippen LogP contribution in [-0.4, -0.2) is 20.7 Å². The SMILES string of the molecule is CC(=O)c1c(C)nc(-c2ccccc2OCc2ccccc2)n1O. The number of benzene rings is 2. The highest BCUT2D eigenvalue weighted by molar-refractivity contribution is 5.94. The number of imidazole rings is 1. The van der Waals surface area contributed by atoms with Crippen LogP contribution < -0.4 is 4.74 Å². The lowest BCUT2D eigenvalue weighted by atomic mass is 10.2. The summed E-state index contributed by atoms with van der Waals surface area (Å²) in [4.78, 5) is 16.0. The number of carbonyl (C=O) groups is 1. The Hall–Kier alpha value is -3.08. The molecular weight excluding hydrogens is 304 g/mol. The Balaban J connectivity index is 1.95. The molecule has 0 atom stereocenters. The summed E-state index contributed by atoms with van der Waals surface area (Å²) < 4.78 is 6.73. The van der Waals surface area contributed by atoms with Gasteiger partial charge in [-0.25, -0.2) is 4.98 Å². The third-order valence-corrected chi connectivity index (χ3v) is 3.73. The number of hydrogen-bond acceptors (Lipinski definition) is 4. The molecule has 0 aliphatic heterocycles. The minimum Gasteiger partial charge on any atom is -0.488 e. The van der Waals surface area contributed by atoms with Crippen molar-refractivity contribution in [3.63, 3.8) is 0 Å². The van der Waals surface area contributed by atoms with Gasteiger partial charge >= 0.3 is 0 Å². The van der Waals surface area contributed by atoms with Gasteiger partial charge in [-0.1, -0.05) is 42.5 Å². The summed E-state index contributed by atoms with van der Waals surface area (Å²) in [6.45, 7) is 3.50. The molecule has 0 aliphatic carbocycles. The minimum absolute atomic E-state index is 0.183. The largest absolute Gasteiger partial charge is 0.488 e. The van der Waals surface area contributed by atoms with Crippen LogP contribution in [0.15, 0.2) is 54.6 Å². The monoisotopic (exact) mass is 322 g/mol. The summed E-state index contributed by atoms with van der Waals surface area (Å²) >= 11 is 0. The molecule has 1 heterocycles. The number of rotatable bonds is 5. The molecule has 1 N–H and O–H groups in total. The normalized spacial score (nSPS) is 10.6. The summed E-state index contributed by atoms with van der Waals surface area (Å²) in [6, 6.07) is 17.1. The lowest BCUT2D eigenvalue weighted by Crippen LogP contribution is -2.06. The van der Waals surface area contributed by atoms with Gasteiger partial charge in [0, 0.05) is 6.92 Å². The third-order valence-electron chi connectivity index (χ3n) is 3.73. The summed E-state index contributed by atoms with van der Waals surface area (Å²) in [6.07, 6.45) is 0. The van der Waals surface area contributed by atoms with Gasteiger partial charge in [0.2, 0.25) is 0 Å². The molecule has 0 radical (unpaired) electrons. The van der Waals surface area contributed by atoms with Gasteiger partial charge in [0.25, 0.3) is 0 Å². The Kier molecular flexibility index (Phi) is 4.33. The van der Waals surface area contributed by atoms with E-state index in [1.807, 2.05) is 48.5 Å². The van der Waals surface area contributed by atoms with Gasteiger partial charge in [-0.3, -0.25) is 4.79 Å². The van der Waals surface area contributed by atoms with E-state index < -0.39 is 0 Å². The number of carbonyl (C=O) groups excluding carboxylic acids is 1. The van der Waals surface area contributed by atoms with E-state index in [4.69, 9.17) is 4.74 Å². The molecule has 0 saturated heterocycles. The van der Waals surface area contributed by atoms with Crippen molar-refractivity contribution in [1.82, 2.24) is 9.71 Å². The van der Waals surface area contributed by atoms with Gasteiger partial charge in [-0.05, 0) is 24.6 Å². The van der Waals surface area contributed by atoms with Crippen LogP contribution in [-0.2, 0) is 6.61 Å². The van der Waals surface area contributed by atoms with Gasteiger partial charge < -0.3 is 9.94 Å². The van der Waals surface area contributed by atoms with E-state index in [1.54, 1.807) is 13.0 Å². The van der Waals surface area contributed by atoms with Crippen LogP contribution in [0.3, 0.4) is 0 Å². The van der Waals surface area contributed by atoms with E-state index in [9.17, 15) is 10.0 Å². The number of para-hydroxylation sites is 1. The number of Topliss-reactive ketones (excluding diaryl/α,β-unsaturated/α-hetero) is 1. The average Bonchev–Trinajstić information content (AvgIpc) is 2.88. The summed E-state index contributed by atoms with van der Waals surface area (Å²) in [5, 5.41) is 10.3. The maximum Gasteiger partial charge on any atom is 0.181 e. The van der Waals surface area contributed by atoms with Crippen molar-refractivity contribution in [3.05, 3.63) is 71.5 Å². The molecule has 3 aromatic rings. The number of ether oxygens (including phenoxy) is 1. The molecule has 5 nitrogen and oxygen atoms in total. The molecule has 1 aromatic heterocycles. The molecular formula is C19H18N2O3. The van der Waals surface area contributed by atoms with Crippen molar-refractivity contribution in [2.75, 3.05) is 0 Å². The Morgan fingerprint density at radius 1 is 1.12 bits per heavy atom. The predicted molar refractivity (Wildman–Crippen MR) is 90.4 cm³/mol. The lowest BCUT2D eigenvalue weighted by molar-refractivity contribution is 0.0965. The molecule has 0 saturated carbocycles. The van der Waals surface area contributed by atoms with Crippen molar-refractivity contribution in [2.24, 2.45) is 0 Å². The highest BCUT2D eigenvalue weighted by Crippen LogP contribution is 2.30. The van der Waals surface area contributed by atoms with Crippen molar-refractivity contribution < 1.29 is 14.7 Å². The molecule has 24 heavy (non-hydrogen) atoms. The maximum absolute atomic E-state index is 11.7. The topological polar surface area (TPSA) is 64.3 Å². The van der Waals surface area contributed by atoms with Gasteiger partial charge in [-0.2, -0.15) is 4.73 Å². The predicted octanol–water partition coefficient (Wildman–Crippen LogP) is 3.88. The van der Waals surface area contributed by atoms with Crippen LogP contribution in [0.1, 0.15) is 28.7 Å². The first-order valence-corrected chi connectivity index (χ1v) is 7.63. The smallest absolute Gasteiger partial charge is 0.181 e. The van der Waals surface area contributed by atoms with Crippen molar-refractivity contribution >= 4 is 5.78 Å². The maximum atomic E-state index is 11.7. The molecule has 2 aromatic carbocycles. The Labute approximate surface area is 140 Å². The van der Waals surface area contributed by atoms with E-state index in [1.165, 1.54) is 6.92 Å².